The molecule has 0 amide bonds. The van der Waals surface area contributed by atoms with Gasteiger partial charge in [0, 0.05) is 13.1 Å². The Bertz CT molecular complexity index is 322. The average Bonchev–Trinajstić information content (AvgIpc) is 2.27. The minimum absolute atomic E-state index is 0.292. The van der Waals surface area contributed by atoms with Crippen molar-refractivity contribution in [3.05, 3.63) is 35.9 Å². The molecule has 0 radical (unpaired) electrons. The molecule has 1 rings (SSSR count). The van der Waals surface area contributed by atoms with Gasteiger partial charge in [0.2, 0.25) is 0 Å². The predicted molar refractivity (Wildman–Crippen MR) is 69.8 cm³/mol. The van der Waals surface area contributed by atoms with E-state index in [1.165, 1.54) is 0 Å². The molecular formula is C14H23NO2. The lowest BCUT2D eigenvalue weighted by Gasteiger charge is -2.29. The van der Waals surface area contributed by atoms with Gasteiger partial charge in [0.05, 0.1) is 11.7 Å². The first-order valence-corrected chi connectivity index (χ1v) is 6.06. The van der Waals surface area contributed by atoms with Crippen molar-refractivity contribution in [1.82, 2.24) is 4.90 Å². The van der Waals surface area contributed by atoms with E-state index in [9.17, 15) is 10.2 Å². The molecule has 0 aliphatic heterocycles. The van der Waals surface area contributed by atoms with Crippen LogP contribution < -0.4 is 0 Å². The maximum absolute atomic E-state index is 10.4. The van der Waals surface area contributed by atoms with Gasteiger partial charge in [0.1, 0.15) is 0 Å². The van der Waals surface area contributed by atoms with Gasteiger partial charge in [0.15, 0.2) is 0 Å². The lowest BCUT2D eigenvalue weighted by atomic mass is 9.95. The second kappa shape index (κ2) is 6.15. The van der Waals surface area contributed by atoms with Gasteiger partial charge in [-0.05, 0) is 32.9 Å². The first kappa shape index (κ1) is 14.2. The minimum Gasteiger partial charge on any atom is -0.393 e. The second-order valence-corrected chi connectivity index (χ2v) is 5.02. The van der Waals surface area contributed by atoms with Crippen LogP contribution in [0.1, 0.15) is 25.8 Å². The number of aliphatic hydroxyl groups excluding tert-OH is 1. The van der Waals surface area contributed by atoms with Gasteiger partial charge in [-0.15, -0.1) is 0 Å². The van der Waals surface area contributed by atoms with Crippen LogP contribution in [-0.4, -0.2) is 41.4 Å². The molecule has 17 heavy (non-hydrogen) atoms. The van der Waals surface area contributed by atoms with Gasteiger partial charge in [-0.1, -0.05) is 30.3 Å². The minimum atomic E-state index is -0.852. The van der Waals surface area contributed by atoms with E-state index in [2.05, 4.69) is 0 Å². The maximum Gasteiger partial charge on any atom is 0.0994 e. The fourth-order valence-corrected chi connectivity index (χ4v) is 1.90. The number of hydrogen-bond acceptors (Lipinski definition) is 3. The van der Waals surface area contributed by atoms with Crippen LogP contribution in [-0.2, 0) is 5.60 Å². The summed E-state index contributed by atoms with van der Waals surface area (Å²) >= 11 is 0. The van der Waals surface area contributed by atoms with E-state index in [0.717, 1.165) is 18.5 Å². The van der Waals surface area contributed by atoms with Crippen LogP contribution in [0.3, 0.4) is 0 Å². The van der Waals surface area contributed by atoms with Gasteiger partial charge in [-0.2, -0.15) is 0 Å². The summed E-state index contributed by atoms with van der Waals surface area (Å²) in [6.07, 6.45) is 0.431. The highest BCUT2D eigenvalue weighted by Gasteiger charge is 2.24. The zero-order chi connectivity index (χ0) is 12.9. The lowest BCUT2D eigenvalue weighted by Crippen LogP contribution is -2.37. The zero-order valence-electron chi connectivity index (χ0n) is 10.9. The van der Waals surface area contributed by atoms with Gasteiger partial charge in [-0.25, -0.2) is 0 Å². The van der Waals surface area contributed by atoms with E-state index in [0.29, 0.717) is 6.54 Å². The molecule has 0 aliphatic carbocycles. The molecule has 0 saturated heterocycles. The number of hydrogen-bond donors (Lipinski definition) is 2. The molecule has 0 heterocycles. The summed E-state index contributed by atoms with van der Waals surface area (Å²) in [4.78, 5) is 2.04. The number of likely N-dealkylation sites (N-methyl/N-ethyl adjacent to an activating group) is 1. The molecule has 2 N–H and O–H groups in total. The summed E-state index contributed by atoms with van der Waals surface area (Å²) in [5.74, 6) is 0. The molecular weight excluding hydrogens is 214 g/mol. The molecule has 0 saturated carbocycles. The standard InChI is InChI=1S/C14H23NO2/c1-12(16)9-10-15(3)11-14(2,17)13-7-5-4-6-8-13/h4-8,12,16-17H,9-11H2,1-3H3. The molecule has 0 fully saturated rings. The van der Waals surface area contributed by atoms with Gasteiger partial charge >= 0.3 is 0 Å². The molecule has 3 heteroatoms. The highest BCUT2D eigenvalue weighted by molar-refractivity contribution is 5.21. The fourth-order valence-electron chi connectivity index (χ4n) is 1.90. The van der Waals surface area contributed by atoms with E-state index in [1.807, 2.05) is 49.2 Å². The Balaban J connectivity index is 2.54. The van der Waals surface area contributed by atoms with E-state index in [1.54, 1.807) is 6.92 Å². The summed E-state index contributed by atoms with van der Waals surface area (Å²) < 4.78 is 0. The van der Waals surface area contributed by atoms with Crippen molar-refractivity contribution in [3.8, 4) is 0 Å². The Kier molecular flexibility index (Phi) is 5.12. The normalized spacial score (nSPS) is 16.8. The third-order valence-electron chi connectivity index (χ3n) is 2.90. The summed E-state index contributed by atoms with van der Waals surface area (Å²) in [5.41, 5.74) is 0.0678. The second-order valence-electron chi connectivity index (χ2n) is 5.02. The molecule has 96 valence electrons. The van der Waals surface area contributed by atoms with Crippen molar-refractivity contribution in [2.75, 3.05) is 20.1 Å². The Hall–Kier alpha value is -0.900. The molecule has 2 unspecified atom stereocenters. The molecule has 0 bridgehead atoms. The summed E-state index contributed by atoms with van der Waals surface area (Å²) in [6, 6.07) is 9.67. The molecule has 3 nitrogen and oxygen atoms in total. The van der Waals surface area contributed by atoms with E-state index in [4.69, 9.17) is 0 Å². The molecule has 1 aromatic rings. The van der Waals surface area contributed by atoms with Crippen molar-refractivity contribution < 1.29 is 10.2 Å². The SMILES string of the molecule is CC(O)CCN(C)CC(C)(O)c1ccccc1. The fraction of sp³-hybridized carbons (Fsp3) is 0.571. The first-order chi connectivity index (χ1) is 7.92. The maximum atomic E-state index is 10.4. The zero-order valence-corrected chi connectivity index (χ0v) is 10.9. The monoisotopic (exact) mass is 237 g/mol. The smallest absolute Gasteiger partial charge is 0.0994 e. The topological polar surface area (TPSA) is 43.7 Å². The van der Waals surface area contributed by atoms with Crippen LogP contribution >= 0.6 is 0 Å². The van der Waals surface area contributed by atoms with Crippen LogP contribution in [0.15, 0.2) is 30.3 Å². The number of rotatable bonds is 6. The van der Waals surface area contributed by atoms with Crippen molar-refractivity contribution in [1.29, 1.82) is 0 Å². The Morgan fingerprint density at radius 3 is 2.41 bits per heavy atom. The van der Waals surface area contributed by atoms with Crippen LogP contribution in [0.5, 0.6) is 0 Å². The van der Waals surface area contributed by atoms with Crippen molar-refractivity contribution in [2.24, 2.45) is 0 Å². The van der Waals surface area contributed by atoms with Crippen molar-refractivity contribution in [3.63, 3.8) is 0 Å². The van der Waals surface area contributed by atoms with Gasteiger partial charge < -0.3 is 15.1 Å². The molecule has 0 aliphatic rings. The van der Waals surface area contributed by atoms with E-state index >= 15 is 0 Å². The highest BCUT2D eigenvalue weighted by Crippen LogP contribution is 2.21. The third kappa shape index (κ3) is 4.86. The highest BCUT2D eigenvalue weighted by atomic mass is 16.3. The molecule has 0 aromatic heterocycles. The summed E-state index contributed by atoms with van der Waals surface area (Å²) in [6.45, 7) is 4.94. The summed E-state index contributed by atoms with van der Waals surface area (Å²) in [7, 11) is 1.96. The summed E-state index contributed by atoms with van der Waals surface area (Å²) in [5, 5.41) is 19.6. The number of aliphatic hydroxyl groups is 2. The van der Waals surface area contributed by atoms with Crippen LogP contribution in [0, 0.1) is 0 Å². The predicted octanol–water partition coefficient (Wildman–Crippen LogP) is 1.60. The van der Waals surface area contributed by atoms with Crippen molar-refractivity contribution >= 4 is 0 Å². The Morgan fingerprint density at radius 1 is 1.29 bits per heavy atom. The van der Waals surface area contributed by atoms with Gasteiger partial charge in [-0.3, -0.25) is 0 Å². The average molecular weight is 237 g/mol. The van der Waals surface area contributed by atoms with E-state index in [-0.39, 0.29) is 6.10 Å². The Labute approximate surface area is 104 Å². The molecule has 1 aromatic carbocycles. The quantitative estimate of drug-likeness (QED) is 0.790. The lowest BCUT2D eigenvalue weighted by molar-refractivity contribution is 0.0200. The third-order valence-corrected chi connectivity index (χ3v) is 2.90. The molecule has 2 atom stereocenters. The van der Waals surface area contributed by atoms with Crippen LogP contribution in [0.2, 0.25) is 0 Å². The van der Waals surface area contributed by atoms with Gasteiger partial charge in [0.25, 0.3) is 0 Å². The van der Waals surface area contributed by atoms with Crippen LogP contribution in [0.4, 0.5) is 0 Å². The Morgan fingerprint density at radius 2 is 1.88 bits per heavy atom. The number of benzene rings is 1. The van der Waals surface area contributed by atoms with Crippen LogP contribution in [0.25, 0.3) is 0 Å². The largest absolute Gasteiger partial charge is 0.393 e. The first-order valence-electron chi connectivity index (χ1n) is 6.06. The number of nitrogens with zero attached hydrogens (tertiary/aromatic N) is 1. The van der Waals surface area contributed by atoms with Crippen molar-refractivity contribution in [2.45, 2.75) is 32.0 Å². The van der Waals surface area contributed by atoms with E-state index < -0.39 is 5.60 Å². The molecule has 0 spiro atoms.